The molecule has 2 aromatic rings. The van der Waals surface area contributed by atoms with Gasteiger partial charge in [0.2, 0.25) is 11.8 Å². The SMILES string of the molecule is O=C(CN1CCC(C(=O)NCCc2cccs2)CC1)Nc1cccc(I)c1. The molecule has 7 heteroatoms. The topological polar surface area (TPSA) is 61.4 Å². The van der Waals surface area contributed by atoms with E-state index < -0.39 is 0 Å². The van der Waals surface area contributed by atoms with E-state index >= 15 is 0 Å². The molecule has 2 heterocycles. The number of hydrogen-bond donors (Lipinski definition) is 2. The first-order chi connectivity index (χ1) is 13.1. The largest absolute Gasteiger partial charge is 0.355 e. The number of likely N-dealkylation sites (tertiary alicyclic amines) is 1. The van der Waals surface area contributed by atoms with Gasteiger partial charge in [0.25, 0.3) is 0 Å². The van der Waals surface area contributed by atoms with Crippen LogP contribution < -0.4 is 10.6 Å². The molecule has 3 rings (SSSR count). The molecule has 144 valence electrons. The molecule has 1 aromatic heterocycles. The van der Waals surface area contributed by atoms with Crippen LogP contribution in [0.25, 0.3) is 0 Å². The molecule has 0 spiro atoms. The summed E-state index contributed by atoms with van der Waals surface area (Å²) in [5, 5.41) is 8.05. The van der Waals surface area contributed by atoms with Crippen LogP contribution >= 0.6 is 33.9 Å². The molecule has 0 atom stereocenters. The van der Waals surface area contributed by atoms with Crippen LogP contribution in [0.15, 0.2) is 41.8 Å². The highest BCUT2D eigenvalue weighted by Gasteiger charge is 2.25. The lowest BCUT2D eigenvalue weighted by atomic mass is 9.96. The van der Waals surface area contributed by atoms with Crippen molar-refractivity contribution in [3.8, 4) is 0 Å². The third kappa shape index (κ3) is 6.58. The fourth-order valence-corrected chi connectivity index (χ4v) is 4.48. The smallest absolute Gasteiger partial charge is 0.238 e. The van der Waals surface area contributed by atoms with Crippen LogP contribution in [0.2, 0.25) is 0 Å². The number of nitrogens with zero attached hydrogens (tertiary/aromatic N) is 1. The summed E-state index contributed by atoms with van der Waals surface area (Å²) < 4.78 is 1.09. The normalized spacial score (nSPS) is 15.4. The first-order valence-corrected chi connectivity index (χ1v) is 11.1. The summed E-state index contributed by atoms with van der Waals surface area (Å²) in [5.41, 5.74) is 0.826. The van der Waals surface area contributed by atoms with Crippen molar-refractivity contribution >= 4 is 51.4 Å². The molecule has 27 heavy (non-hydrogen) atoms. The Hall–Kier alpha value is -1.45. The maximum absolute atomic E-state index is 12.3. The van der Waals surface area contributed by atoms with Gasteiger partial charge in [0.1, 0.15) is 0 Å². The Labute approximate surface area is 177 Å². The molecule has 2 N–H and O–H groups in total. The monoisotopic (exact) mass is 497 g/mol. The second-order valence-electron chi connectivity index (χ2n) is 6.73. The molecule has 0 radical (unpaired) electrons. The highest BCUT2D eigenvalue weighted by atomic mass is 127. The van der Waals surface area contributed by atoms with Crippen molar-refractivity contribution in [2.45, 2.75) is 19.3 Å². The zero-order chi connectivity index (χ0) is 19.1. The van der Waals surface area contributed by atoms with Gasteiger partial charge in [-0.15, -0.1) is 11.3 Å². The van der Waals surface area contributed by atoms with Crippen molar-refractivity contribution < 1.29 is 9.59 Å². The van der Waals surface area contributed by atoms with Crippen LogP contribution in [0.1, 0.15) is 17.7 Å². The van der Waals surface area contributed by atoms with Crippen LogP contribution in [-0.2, 0) is 16.0 Å². The van der Waals surface area contributed by atoms with Crippen molar-refractivity contribution in [1.82, 2.24) is 10.2 Å². The second kappa shape index (κ2) is 10.2. The van der Waals surface area contributed by atoms with E-state index in [0.717, 1.165) is 41.6 Å². The summed E-state index contributed by atoms with van der Waals surface area (Å²) in [5.74, 6) is 0.203. The molecule has 5 nitrogen and oxygen atoms in total. The van der Waals surface area contributed by atoms with Crippen LogP contribution in [0.3, 0.4) is 0 Å². The van der Waals surface area contributed by atoms with Gasteiger partial charge in [0.05, 0.1) is 6.54 Å². The molecule has 1 aliphatic rings. The van der Waals surface area contributed by atoms with Crippen LogP contribution in [-0.4, -0.2) is 42.9 Å². The minimum Gasteiger partial charge on any atom is -0.355 e. The van der Waals surface area contributed by atoms with Gasteiger partial charge < -0.3 is 10.6 Å². The number of benzene rings is 1. The number of piperidine rings is 1. The zero-order valence-electron chi connectivity index (χ0n) is 15.1. The predicted molar refractivity (Wildman–Crippen MR) is 118 cm³/mol. The van der Waals surface area contributed by atoms with E-state index in [4.69, 9.17) is 0 Å². The lowest BCUT2D eigenvalue weighted by Crippen LogP contribution is -2.43. The molecule has 1 aliphatic heterocycles. The summed E-state index contributed by atoms with van der Waals surface area (Å²) >= 11 is 3.95. The molecule has 0 unspecified atom stereocenters. The van der Waals surface area contributed by atoms with E-state index in [9.17, 15) is 9.59 Å². The third-order valence-electron chi connectivity index (χ3n) is 4.68. The Balaban J connectivity index is 1.35. The minimum absolute atomic E-state index is 0.00384. The van der Waals surface area contributed by atoms with E-state index in [1.807, 2.05) is 30.3 Å². The number of amides is 2. The van der Waals surface area contributed by atoms with Gasteiger partial charge in [0, 0.05) is 26.6 Å². The van der Waals surface area contributed by atoms with Crippen molar-refractivity contribution in [3.63, 3.8) is 0 Å². The minimum atomic E-state index is -0.00384. The predicted octanol–water partition coefficient (Wildman–Crippen LogP) is 3.36. The third-order valence-corrected chi connectivity index (χ3v) is 6.29. The number of thiophene rings is 1. The molecule has 1 fully saturated rings. The number of carbonyl (C=O) groups excluding carboxylic acids is 2. The summed E-state index contributed by atoms with van der Waals surface area (Å²) in [6.45, 7) is 2.63. The van der Waals surface area contributed by atoms with Gasteiger partial charge in [-0.1, -0.05) is 12.1 Å². The Kier molecular flexibility index (Phi) is 7.66. The van der Waals surface area contributed by atoms with Crippen molar-refractivity contribution in [3.05, 3.63) is 50.2 Å². The lowest BCUT2D eigenvalue weighted by Gasteiger charge is -2.30. The van der Waals surface area contributed by atoms with Gasteiger partial charge in [0.15, 0.2) is 0 Å². The van der Waals surface area contributed by atoms with E-state index in [1.54, 1.807) is 11.3 Å². The van der Waals surface area contributed by atoms with E-state index in [-0.39, 0.29) is 17.7 Å². The average molecular weight is 497 g/mol. The molecule has 0 bridgehead atoms. The Morgan fingerprint density at radius 1 is 1.19 bits per heavy atom. The Morgan fingerprint density at radius 2 is 2.00 bits per heavy atom. The van der Waals surface area contributed by atoms with E-state index in [1.165, 1.54) is 4.88 Å². The van der Waals surface area contributed by atoms with Gasteiger partial charge in [-0.25, -0.2) is 0 Å². The van der Waals surface area contributed by atoms with Gasteiger partial charge in [-0.2, -0.15) is 0 Å². The summed E-state index contributed by atoms with van der Waals surface area (Å²) in [6, 6.07) is 11.9. The quantitative estimate of drug-likeness (QED) is 0.577. The average Bonchev–Trinajstić information content (AvgIpc) is 3.15. The number of rotatable bonds is 7. The highest BCUT2D eigenvalue weighted by molar-refractivity contribution is 14.1. The Bertz CT molecular complexity index is 758. The number of halogens is 1. The first-order valence-electron chi connectivity index (χ1n) is 9.18. The summed E-state index contributed by atoms with van der Waals surface area (Å²) in [7, 11) is 0. The van der Waals surface area contributed by atoms with Crippen LogP contribution in [0.4, 0.5) is 5.69 Å². The van der Waals surface area contributed by atoms with Gasteiger partial charge >= 0.3 is 0 Å². The fraction of sp³-hybridized carbons (Fsp3) is 0.400. The summed E-state index contributed by atoms with van der Waals surface area (Å²) in [4.78, 5) is 28.0. The van der Waals surface area contributed by atoms with E-state index in [2.05, 4.69) is 49.6 Å². The fourth-order valence-electron chi connectivity index (χ4n) is 3.23. The zero-order valence-corrected chi connectivity index (χ0v) is 18.1. The summed E-state index contributed by atoms with van der Waals surface area (Å²) in [6.07, 6.45) is 2.50. The first kappa shape index (κ1) is 20.3. The Morgan fingerprint density at radius 3 is 2.70 bits per heavy atom. The van der Waals surface area contributed by atoms with E-state index in [0.29, 0.717) is 13.1 Å². The molecular weight excluding hydrogens is 473 g/mol. The number of carbonyl (C=O) groups is 2. The van der Waals surface area contributed by atoms with Gasteiger partial charge in [-0.3, -0.25) is 14.5 Å². The van der Waals surface area contributed by atoms with Crippen LogP contribution in [0.5, 0.6) is 0 Å². The molecule has 0 aliphatic carbocycles. The van der Waals surface area contributed by atoms with Crippen molar-refractivity contribution in [2.24, 2.45) is 5.92 Å². The molecular formula is C20H24IN3O2S. The van der Waals surface area contributed by atoms with Crippen molar-refractivity contribution in [2.75, 3.05) is 31.5 Å². The maximum atomic E-state index is 12.3. The number of hydrogen-bond acceptors (Lipinski definition) is 4. The van der Waals surface area contributed by atoms with Gasteiger partial charge in [-0.05, 0) is 84.6 Å². The number of anilines is 1. The molecule has 1 saturated heterocycles. The standard InChI is InChI=1S/C20H24IN3O2S/c21-16-3-1-4-17(13-16)23-19(25)14-24-10-7-15(8-11-24)20(26)22-9-6-18-5-2-12-27-18/h1-5,12-13,15H,6-11,14H2,(H,22,26)(H,23,25). The maximum Gasteiger partial charge on any atom is 0.238 e. The highest BCUT2D eigenvalue weighted by Crippen LogP contribution is 2.18. The second-order valence-corrected chi connectivity index (χ2v) is 9.01. The molecule has 1 aromatic carbocycles. The lowest BCUT2D eigenvalue weighted by molar-refractivity contribution is -0.126. The van der Waals surface area contributed by atoms with Crippen LogP contribution in [0, 0.1) is 9.49 Å². The molecule has 2 amide bonds. The number of nitrogens with one attached hydrogen (secondary N) is 2. The van der Waals surface area contributed by atoms with Crippen molar-refractivity contribution in [1.29, 1.82) is 0 Å². The molecule has 0 saturated carbocycles.